The van der Waals surface area contributed by atoms with E-state index in [1.165, 1.54) is 33.5 Å². The molecule has 0 saturated heterocycles. The second-order valence-electron chi connectivity index (χ2n) is 5.46. The van der Waals surface area contributed by atoms with Gasteiger partial charge in [0.25, 0.3) is 5.91 Å². The van der Waals surface area contributed by atoms with E-state index in [-0.39, 0.29) is 11.9 Å². The quantitative estimate of drug-likeness (QED) is 0.724. The first-order valence-electron chi connectivity index (χ1n) is 7.19. The summed E-state index contributed by atoms with van der Waals surface area (Å²) in [6, 6.07) is 12.3. The number of aromatic amines is 1. The summed E-state index contributed by atoms with van der Waals surface area (Å²) in [5.41, 5.74) is 3.72. The average molecular weight is 296 g/mol. The molecule has 0 fully saturated rings. The normalized spacial score (nSPS) is 18.0. The second kappa shape index (κ2) is 4.74. The smallest absolute Gasteiger partial charge is 0.264 e. The second-order valence-corrected chi connectivity index (χ2v) is 6.41. The Balaban J connectivity index is 1.75. The molecule has 21 heavy (non-hydrogen) atoms. The van der Waals surface area contributed by atoms with E-state index in [0.717, 1.165) is 17.8 Å². The van der Waals surface area contributed by atoms with Crippen molar-refractivity contribution < 1.29 is 4.79 Å². The zero-order valence-electron chi connectivity index (χ0n) is 11.8. The number of carbonyl (C=O) groups excluding carboxylic acids is 1. The maximum atomic E-state index is 12.6. The Bertz CT molecular complexity index is 803. The van der Waals surface area contributed by atoms with Crippen LogP contribution in [-0.4, -0.2) is 22.3 Å². The van der Waals surface area contributed by atoms with Gasteiger partial charge < -0.3 is 9.88 Å². The van der Waals surface area contributed by atoms with Crippen LogP contribution in [-0.2, 0) is 6.42 Å². The topological polar surface area (TPSA) is 36.1 Å². The minimum atomic E-state index is 0.0933. The predicted molar refractivity (Wildman–Crippen MR) is 85.8 cm³/mol. The molecule has 4 heteroatoms. The molecule has 3 aromatic rings. The molecule has 0 saturated carbocycles. The van der Waals surface area contributed by atoms with Crippen LogP contribution in [0, 0.1) is 0 Å². The highest BCUT2D eigenvalue weighted by atomic mass is 32.1. The highest BCUT2D eigenvalue weighted by Crippen LogP contribution is 2.35. The number of amides is 1. The molecule has 1 aliphatic rings. The third kappa shape index (κ3) is 1.90. The summed E-state index contributed by atoms with van der Waals surface area (Å²) in [4.78, 5) is 18.9. The van der Waals surface area contributed by atoms with Gasteiger partial charge in [-0.05, 0) is 36.4 Å². The van der Waals surface area contributed by atoms with Crippen LogP contribution < -0.4 is 0 Å². The molecular formula is C17H16N2OS. The Hall–Kier alpha value is -2.07. The Labute approximate surface area is 127 Å². The summed E-state index contributed by atoms with van der Waals surface area (Å²) in [5, 5.41) is 3.25. The molecule has 0 aliphatic carbocycles. The van der Waals surface area contributed by atoms with Crippen molar-refractivity contribution in [1.82, 2.24) is 9.88 Å². The van der Waals surface area contributed by atoms with Crippen LogP contribution in [0.5, 0.6) is 0 Å². The summed E-state index contributed by atoms with van der Waals surface area (Å²) in [7, 11) is 0. The number of fused-ring (bicyclic) bond motifs is 3. The lowest BCUT2D eigenvalue weighted by Gasteiger charge is -2.33. The van der Waals surface area contributed by atoms with Gasteiger partial charge in [-0.2, -0.15) is 0 Å². The minimum Gasteiger partial charge on any atom is -0.356 e. The fourth-order valence-electron chi connectivity index (χ4n) is 3.25. The van der Waals surface area contributed by atoms with E-state index in [1.54, 1.807) is 0 Å². The van der Waals surface area contributed by atoms with Gasteiger partial charge in [0.2, 0.25) is 0 Å². The zero-order valence-corrected chi connectivity index (χ0v) is 12.6. The van der Waals surface area contributed by atoms with E-state index >= 15 is 0 Å². The SMILES string of the molecule is C[C@H]1c2[nH]c3ccccc3c2CCN1C(=O)c1cccs1. The lowest BCUT2D eigenvalue weighted by atomic mass is 9.98. The number of hydrogen-bond acceptors (Lipinski definition) is 2. The fraction of sp³-hybridized carbons (Fsp3) is 0.235. The lowest BCUT2D eigenvalue weighted by Crippen LogP contribution is -2.38. The van der Waals surface area contributed by atoms with Gasteiger partial charge in [0.1, 0.15) is 0 Å². The molecule has 2 aromatic heterocycles. The van der Waals surface area contributed by atoms with E-state index < -0.39 is 0 Å². The number of hydrogen-bond donors (Lipinski definition) is 1. The molecule has 3 nitrogen and oxygen atoms in total. The van der Waals surface area contributed by atoms with Crippen molar-refractivity contribution in [2.45, 2.75) is 19.4 Å². The Morgan fingerprint density at radius 1 is 1.29 bits per heavy atom. The molecule has 1 N–H and O–H groups in total. The van der Waals surface area contributed by atoms with E-state index in [9.17, 15) is 4.79 Å². The molecule has 1 amide bonds. The van der Waals surface area contributed by atoms with Crippen LogP contribution in [0.15, 0.2) is 41.8 Å². The van der Waals surface area contributed by atoms with Gasteiger partial charge in [-0.1, -0.05) is 24.3 Å². The maximum absolute atomic E-state index is 12.6. The van der Waals surface area contributed by atoms with Gasteiger partial charge in [-0.15, -0.1) is 11.3 Å². The highest BCUT2D eigenvalue weighted by molar-refractivity contribution is 7.12. The first kappa shape index (κ1) is 12.7. The summed E-state index contributed by atoms with van der Waals surface area (Å²) in [6.45, 7) is 2.89. The Morgan fingerprint density at radius 2 is 2.14 bits per heavy atom. The summed E-state index contributed by atoms with van der Waals surface area (Å²) in [5.74, 6) is 0.141. The summed E-state index contributed by atoms with van der Waals surface area (Å²) < 4.78 is 0. The molecule has 1 aliphatic heterocycles. The average Bonchev–Trinajstić information content (AvgIpc) is 3.15. The first-order valence-corrected chi connectivity index (χ1v) is 8.07. The number of H-pyrrole nitrogens is 1. The van der Waals surface area contributed by atoms with Crippen LogP contribution in [0.2, 0.25) is 0 Å². The van der Waals surface area contributed by atoms with Crippen LogP contribution >= 0.6 is 11.3 Å². The number of thiophene rings is 1. The maximum Gasteiger partial charge on any atom is 0.264 e. The van der Waals surface area contributed by atoms with Crippen molar-refractivity contribution in [2.24, 2.45) is 0 Å². The number of nitrogens with one attached hydrogen (secondary N) is 1. The van der Waals surface area contributed by atoms with Crippen molar-refractivity contribution >= 4 is 28.1 Å². The van der Waals surface area contributed by atoms with Crippen LogP contribution in [0.1, 0.15) is 33.9 Å². The Morgan fingerprint density at radius 3 is 2.95 bits per heavy atom. The lowest BCUT2D eigenvalue weighted by molar-refractivity contribution is 0.0680. The van der Waals surface area contributed by atoms with Crippen molar-refractivity contribution in [3.63, 3.8) is 0 Å². The van der Waals surface area contributed by atoms with Gasteiger partial charge in [0, 0.05) is 23.1 Å². The molecule has 4 rings (SSSR count). The standard InChI is InChI=1S/C17H16N2OS/c1-11-16-13(12-5-2-3-6-14(12)18-16)8-9-19(11)17(20)15-7-4-10-21-15/h2-7,10-11,18H,8-9H2,1H3/t11-/m0/s1. The number of aromatic nitrogens is 1. The van der Waals surface area contributed by atoms with Crippen molar-refractivity contribution in [3.05, 3.63) is 57.9 Å². The molecule has 0 spiro atoms. The van der Waals surface area contributed by atoms with E-state index in [4.69, 9.17) is 0 Å². The number of carbonyl (C=O) groups is 1. The zero-order chi connectivity index (χ0) is 14.4. The number of rotatable bonds is 1. The van der Waals surface area contributed by atoms with Crippen molar-refractivity contribution in [1.29, 1.82) is 0 Å². The first-order chi connectivity index (χ1) is 10.3. The van der Waals surface area contributed by atoms with Gasteiger partial charge in [-0.25, -0.2) is 0 Å². The number of para-hydroxylation sites is 1. The largest absolute Gasteiger partial charge is 0.356 e. The molecule has 106 valence electrons. The highest BCUT2D eigenvalue weighted by Gasteiger charge is 2.30. The Kier molecular flexibility index (Phi) is 2.86. The summed E-state index contributed by atoms with van der Waals surface area (Å²) >= 11 is 1.51. The summed E-state index contributed by atoms with van der Waals surface area (Å²) in [6.07, 6.45) is 0.917. The van der Waals surface area contributed by atoms with Gasteiger partial charge in [0.05, 0.1) is 10.9 Å². The molecular weight excluding hydrogens is 280 g/mol. The monoisotopic (exact) mass is 296 g/mol. The number of nitrogens with zero attached hydrogens (tertiary/aromatic N) is 1. The van der Waals surface area contributed by atoms with Gasteiger partial charge >= 0.3 is 0 Å². The van der Waals surface area contributed by atoms with Gasteiger partial charge in [-0.3, -0.25) is 4.79 Å². The molecule has 1 atom stereocenters. The third-order valence-electron chi connectivity index (χ3n) is 4.33. The van der Waals surface area contributed by atoms with Crippen molar-refractivity contribution in [3.8, 4) is 0 Å². The van der Waals surface area contributed by atoms with Crippen molar-refractivity contribution in [2.75, 3.05) is 6.54 Å². The van der Waals surface area contributed by atoms with E-state index in [2.05, 4.69) is 30.1 Å². The predicted octanol–water partition coefficient (Wildman–Crippen LogP) is 3.99. The third-order valence-corrected chi connectivity index (χ3v) is 5.19. The van der Waals surface area contributed by atoms with Crippen LogP contribution in [0.25, 0.3) is 10.9 Å². The molecule has 3 heterocycles. The van der Waals surface area contributed by atoms with E-state index in [0.29, 0.717) is 0 Å². The van der Waals surface area contributed by atoms with Gasteiger partial charge in [0.15, 0.2) is 0 Å². The fourth-order valence-corrected chi connectivity index (χ4v) is 3.93. The number of benzene rings is 1. The molecule has 0 radical (unpaired) electrons. The molecule has 0 unspecified atom stereocenters. The minimum absolute atomic E-state index is 0.0933. The van der Waals surface area contributed by atoms with E-state index in [1.807, 2.05) is 28.5 Å². The molecule has 0 bridgehead atoms. The van der Waals surface area contributed by atoms with Crippen LogP contribution in [0.4, 0.5) is 0 Å². The van der Waals surface area contributed by atoms with Crippen LogP contribution in [0.3, 0.4) is 0 Å². The molecule has 1 aromatic carbocycles.